The molecule has 0 aliphatic carbocycles. The number of fused-ring (bicyclic) bond motifs is 1. The summed E-state index contributed by atoms with van der Waals surface area (Å²) >= 11 is 1.71. The number of aromatic nitrogens is 5. The van der Waals surface area contributed by atoms with Crippen molar-refractivity contribution in [2.45, 2.75) is 25.8 Å². The van der Waals surface area contributed by atoms with Crippen LogP contribution in [-0.2, 0) is 17.8 Å². The molecule has 9 heteroatoms. The number of benzene rings is 1. The number of piperidine rings is 1. The maximum atomic E-state index is 13.5. The number of rotatable bonds is 7. The SMILES string of the molecule is O=C(C1CCN(c2ccc3nnnn3n2)CC1)N(CCc1ccccc1)Cc1cccs1. The molecular formula is C23H25N7OS. The zero-order chi connectivity index (χ0) is 21.8. The molecule has 0 spiro atoms. The largest absolute Gasteiger partial charge is 0.355 e. The number of amides is 1. The fraction of sp³-hybridized carbons (Fsp3) is 0.348. The van der Waals surface area contributed by atoms with Gasteiger partial charge in [0.05, 0.1) is 6.54 Å². The molecule has 1 aromatic carbocycles. The Balaban J connectivity index is 1.23. The maximum absolute atomic E-state index is 13.5. The van der Waals surface area contributed by atoms with Crippen molar-refractivity contribution in [2.24, 2.45) is 5.92 Å². The number of carbonyl (C=O) groups excluding carboxylic acids is 1. The van der Waals surface area contributed by atoms with E-state index in [4.69, 9.17) is 0 Å². The Morgan fingerprint density at radius 3 is 2.69 bits per heavy atom. The summed E-state index contributed by atoms with van der Waals surface area (Å²) in [5.41, 5.74) is 1.89. The van der Waals surface area contributed by atoms with Gasteiger partial charge in [-0.05, 0) is 58.8 Å². The minimum Gasteiger partial charge on any atom is -0.355 e. The van der Waals surface area contributed by atoms with E-state index in [2.05, 4.69) is 61.2 Å². The van der Waals surface area contributed by atoms with Gasteiger partial charge in [0.1, 0.15) is 0 Å². The van der Waals surface area contributed by atoms with Gasteiger partial charge in [0.2, 0.25) is 5.91 Å². The van der Waals surface area contributed by atoms with Crippen LogP contribution in [0.1, 0.15) is 23.3 Å². The van der Waals surface area contributed by atoms with Crippen LogP contribution in [0.4, 0.5) is 5.82 Å². The zero-order valence-electron chi connectivity index (χ0n) is 17.7. The van der Waals surface area contributed by atoms with E-state index in [1.54, 1.807) is 11.3 Å². The van der Waals surface area contributed by atoms with Gasteiger partial charge < -0.3 is 9.80 Å². The summed E-state index contributed by atoms with van der Waals surface area (Å²) in [5, 5.41) is 18.0. The Morgan fingerprint density at radius 2 is 1.91 bits per heavy atom. The fourth-order valence-electron chi connectivity index (χ4n) is 4.19. The second kappa shape index (κ2) is 9.44. The first kappa shape index (κ1) is 20.6. The van der Waals surface area contributed by atoms with Crippen LogP contribution in [0, 0.1) is 5.92 Å². The molecule has 0 N–H and O–H groups in total. The molecule has 4 aromatic rings. The molecule has 32 heavy (non-hydrogen) atoms. The molecule has 0 radical (unpaired) electrons. The normalized spacial score (nSPS) is 14.7. The Bertz CT molecular complexity index is 1150. The number of carbonyl (C=O) groups is 1. The van der Waals surface area contributed by atoms with Crippen LogP contribution >= 0.6 is 11.3 Å². The lowest BCUT2D eigenvalue weighted by atomic mass is 9.95. The number of anilines is 1. The van der Waals surface area contributed by atoms with Gasteiger partial charge in [0.15, 0.2) is 11.5 Å². The van der Waals surface area contributed by atoms with Crippen molar-refractivity contribution in [1.29, 1.82) is 0 Å². The molecule has 1 fully saturated rings. The molecule has 0 atom stereocenters. The van der Waals surface area contributed by atoms with Gasteiger partial charge in [-0.1, -0.05) is 36.4 Å². The summed E-state index contributed by atoms with van der Waals surface area (Å²) in [7, 11) is 0. The van der Waals surface area contributed by atoms with Crippen LogP contribution < -0.4 is 4.90 Å². The average molecular weight is 448 g/mol. The summed E-state index contributed by atoms with van der Waals surface area (Å²) < 4.78 is 1.44. The highest BCUT2D eigenvalue weighted by atomic mass is 32.1. The number of thiophene rings is 1. The van der Waals surface area contributed by atoms with Gasteiger partial charge in [0.25, 0.3) is 0 Å². The highest BCUT2D eigenvalue weighted by molar-refractivity contribution is 7.09. The van der Waals surface area contributed by atoms with Crippen LogP contribution in [0.3, 0.4) is 0 Å². The van der Waals surface area contributed by atoms with E-state index in [1.807, 2.05) is 29.2 Å². The molecule has 164 valence electrons. The van der Waals surface area contributed by atoms with Crippen LogP contribution in [-0.4, -0.2) is 55.7 Å². The number of nitrogens with zero attached hydrogens (tertiary/aromatic N) is 7. The molecule has 0 saturated carbocycles. The first-order valence-electron chi connectivity index (χ1n) is 10.9. The van der Waals surface area contributed by atoms with Crippen LogP contribution in [0.25, 0.3) is 5.65 Å². The zero-order valence-corrected chi connectivity index (χ0v) is 18.6. The van der Waals surface area contributed by atoms with Gasteiger partial charge >= 0.3 is 0 Å². The van der Waals surface area contributed by atoms with Crippen molar-refractivity contribution in [3.05, 3.63) is 70.4 Å². The maximum Gasteiger partial charge on any atom is 0.226 e. The van der Waals surface area contributed by atoms with Crippen LogP contribution in [0.15, 0.2) is 60.0 Å². The Hall–Kier alpha value is -3.33. The quantitative estimate of drug-likeness (QED) is 0.433. The number of hydrogen-bond donors (Lipinski definition) is 0. The molecule has 1 aliphatic heterocycles. The second-order valence-electron chi connectivity index (χ2n) is 8.05. The van der Waals surface area contributed by atoms with E-state index in [1.165, 1.54) is 15.1 Å². The summed E-state index contributed by atoms with van der Waals surface area (Å²) in [4.78, 5) is 19.0. The lowest BCUT2D eigenvalue weighted by molar-refractivity contribution is -0.136. The van der Waals surface area contributed by atoms with E-state index >= 15 is 0 Å². The van der Waals surface area contributed by atoms with Crippen molar-refractivity contribution in [3.8, 4) is 0 Å². The first-order chi connectivity index (χ1) is 15.8. The average Bonchev–Trinajstić information content (AvgIpc) is 3.53. The van der Waals surface area contributed by atoms with Crippen molar-refractivity contribution < 1.29 is 4.79 Å². The van der Waals surface area contributed by atoms with E-state index in [0.29, 0.717) is 12.2 Å². The van der Waals surface area contributed by atoms with Crippen molar-refractivity contribution >= 4 is 28.7 Å². The monoisotopic (exact) mass is 447 g/mol. The van der Waals surface area contributed by atoms with Gasteiger partial charge in [-0.2, -0.15) is 0 Å². The minimum absolute atomic E-state index is 0.0405. The van der Waals surface area contributed by atoms with Crippen LogP contribution in [0.5, 0.6) is 0 Å². The first-order valence-corrected chi connectivity index (χ1v) is 11.8. The molecule has 1 aliphatic rings. The van der Waals surface area contributed by atoms with Crippen LogP contribution in [0.2, 0.25) is 0 Å². The van der Waals surface area contributed by atoms with Gasteiger partial charge in [-0.3, -0.25) is 4.79 Å². The molecule has 5 rings (SSSR count). The standard InChI is InChI=1S/C23H25N7OS/c31-23(29(17-20-7-4-16-32-20)13-10-18-5-2-1-3-6-18)19-11-14-28(15-12-19)22-9-8-21-24-26-27-30(21)25-22/h1-9,16,19H,10-15,17H2. The Labute approximate surface area is 190 Å². The topological polar surface area (TPSA) is 79.5 Å². The summed E-state index contributed by atoms with van der Waals surface area (Å²) in [6, 6.07) is 18.3. The van der Waals surface area contributed by atoms with Crippen molar-refractivity contribution in [1.82, 2.24) is 30.2 Å². The summed E-state index contributed by atoms with van der Waals surface area (Å²) in [6.07, 6.45) is 2.51. The van der Waals surface area contributed by atoms with E-state index in [9.17, 15) is 4.79 Å². The number of tetrazole rings is 1. The molecule has 0 unspecified atom stereocenters. The van der Waals surface area contributed by atoms with Gasteiger partial charge in [0, 0.05) is 30.4 Å². The Morgan fingerprint density at radius 1 is 1.06 bits per heavy atom. The third-order valence-corrected chi connectivity index (χ3v) is 6.84. The highest BCUT2D eigenvalue weighted by Gasteiger charge is 2.29. The molecule has 1 amide bonds. The lowest BCUT2D eigenvalue weighted by Gasteiger charge is -2.34. The third kappa shape index (κ3) is 4.62. The van der Waals surface area contributed by atoms with Crippen molar-refractivity contribution in [2.75, 3.05) is 24.5 Å². The number of hydrogen-bond acceptors (Lipinski definition) is 7. The predicted octanol–water partition coefficient (Wildman–Crippen LogP) is 3.07. The lowest BCUT2D eigenvalue weighted by Crippen LogP contribution is -2.43. The molecular weight excluding hydrogens is 422 g/mol. The minimum atomic E-state index is 0.0405. The summed E-state index contributed by atoms with van der Waals surface area (Å²) in [5.74, 6) is 1.15. The molecule has 3 aromatic heterocycles. The predicted molar refractivity (Wildman–Crippen MR) is 123 cm³/mol. The molecule has 1 saturated heterocycles. The molecule has 4 heterocycles. The smallest absolute Gasteiger partial charge is 0.226 e. The van der Waals surface area contributed by atoms with E-state index in [0.717, 1.165) is 44.7 Å². The van der Waals surface area contributed by atoms with Crippen molar-refractivity contribution in [3.63, 3.8) is 0 Å². The highest BCUT2D eigenvalue weighted by Crippen LogP contribution is 2.25. The Kier molecular flexibility index (Phi) is 6.06. The molecule has 8 nitrogen and oxygen atoms in total. The summed E-state index contributed by atoms with van der Waals surface area (Å²) in [6.45, 7) is 3.00. The second-order valence-corrected chi connectivity index (χ2v) is 9.09. The van der Waals surface area contributed by atoms with E-state index < -0.39 is 0 Å². The fourth-order valence-corrected chi connectivity index (χ4v) is 4.91. The van der Waals surface area contributed by atoms with Gasteiger partial charge in [-0.15, -0.1) is 26.2 Å². The van der Waals surface area contributed by atoms with E-state index in [-0.39, 0.29) is 11.8 Å². The molecule has 0 bridgehead atoms. The third-order valence-electron chi connectivity index (χ3n) is 5.98. The van der Waals surface area contributed by atoms with Gasteiger partial charge in [-0.25, -0.2) is 0 Å².